The highest BCUT2D eigenvalue weighted by atomic mass is 19.3. The van der Waals surface area contributed by atoms with Crippen molar-refractivity contribution < 1.29 is 37.5 Å². The van der Waals surface area contributed by atoms with E-state index < -0.39 is 82.9 Å². The fourth-order valence-electron chi connectivity index (χ4n) is 7.03. The molecule has 2 fully saturated rings. The van der Waals surface area contributed by atoms with Crippen LogP contribution in [-0.2, 0) is 24.0 Å². The first-order valence-corrected chi connectivity index (χ1v) is 17.9. The van der Waals surface area contributed by atoms with Crippen LogP contribution in [0.4, 0.5) is 8.78 Å². The Bertz CT molecular complexity index is 1680. The Hall–Kier alpha value is -5.08. The standard InChI is InChI=1S/C38H49F2N7O6/c1-21(2)30(46-33(49)28-19-41-15-16-42-28)34(50)45-27(18-38(4,5)6)37(53)47-20-24-13-10-14-25(24)31(47)35(51)44-26(17-29(39)40)32(48)36(52)43-22(3)23-11-8-7-9-12-23/h7-9,11-12,15-17,19,21-22,24-25,27,29-31H,10,13-14,18,20H2,1-6H3,(H,43,52)(H,44,51)(H,45,50)(H,46,49)/b26-17+/t22-,24?,25?,27-,30-,31-/m0/s1. The SMILES string of the molecule is CC(C)[C@H](NC(=O)c1cnccn1)C(=O)N[C@@H](CC(C)(C)C)C(=O)N1CC2CCCC2[C@H]1C(=O)N/C(=C/C(F)F)C(=O)C(=O)N[C@@H](C)c1ccccc1. The van der Waals surface area contributed by atoms with Gasteiger partial charge in [-0.1, -0.05) is 71.4 Å². The second kappa shape index (κ2) is 17.6. The van der Waals surface area contributed by atoms with E-state index in [1.807, 2.05) is 20.8 Å². The molecule has 6 atom stereocenters. The number of halogens is 2. The van der Waals surface area contributed by atoms with Crippen molar-refractivity contribution in [1.29, 1.82) is 0 Å². The molecule has 1 aromatic carbocycles. The van der Waals surface area contributed by atoms with Crippen LogP contribution in [0, 0.1) is 23.2 Å². The smallest absolute Gasteiger partial charge is 0.294 e. The van der Waals surface area contributed by atoms with Crippen LogP contribution in [0.15, 0.2) is 60.7 Å². The summed E-state index contributed by atoms with van der Waals surface area (Å²) in [5.74, 6) is -6.05. The minimum absolute atomic E-state index is 0.00709. The number of benzene rings is 1. The van der Waals surface area contributed by atoms with Crippen LogP contribution < -0.4 is 21.3 Å². The van der Waals surface area contributed by atoms with Crippen LogP contribution in [0.25, 0.3) is 0 Å². The van der Waals surface area contributed by atoms with Crippen molar-refractivity contribution in [3.8, 4) is 0 Å². The first-order valence-electron chi connectivity index (χ1n) is 17.9. The molecule has 4 rings (SSSR count). The lowest BCUT2D eigenvalue weighted by Gasteiger charge is -2.34. The maximum Gasteiger partial charge on any atom is 0.294 e. The second-order valence-electron chi connectivity index (χ2n) is 15.2. The zero-order valence-electron chi connectivity index (χ0n) is 30.9. The Labute approximate surface area is 308 Å². The first-order chi connectivity index (χ1) is 25.0. The van der Waals surface area contributed by atoms with Gasteiger partial charge >= 0.3 is 0 Å². The maximum absolute atomic E-state index is 14.5. The topological polar surface area (TPSA) is 180 Å². The van der Waals surface area contributed by atoms with Gasteiger partial charge in [-0.2, -0.15) is 0 Å². The summed E-state index contributed by atoms with van der Waals surface area (Å²) < 4.78 is 27.4. The van der Waals surface area contributed by atoms with E-state index in [4.69, 9.17) is 0 Å². The van der Waals surface area contributed by atoms with Crippen LogP contribution in [0.1, 0.15) is 89.3 Å². The molecule has 53 heavy (non-hydrogen) atoms. The van der Waals surface area contributed by atoms with E-state index in [1.54, 1.807) is 51.1 Å². The molecular weight excluding hydrogens is 688 g/mol. The van der Waals surface area contributed by atoms with Crippen LogP contribution in [0.2, 0.25) is 0 Å². The first kappa shape index (κ1) is 40.7. The van der Waals surface area contributed by atoms with Crippen molar-refractivity contribution in [2.45, 2.75) is 97.8 Å². The molecule has 15 heteroatoms. The Morgan fingerprint density at radius 3 is 2.26 bits per heavy atom. The van der Waals surface area contributed by atoms with E-state index in [0.717, 1.165) is 12.8 Å². The van der Waals surface area contributed by atoms with Gasteiger partial charge in [-0.15, -0.1) is 0 Å². The number of allylic oxidation sites excluding steroid dienone is 1. The molecule has 1 saturated heterocycles. The van der Waals surface area contributed by atoms with E-state index >= 15 is 0 Å². The third-order valence-electron chi connectivity index (χ3n) is 9.55. The lowest BCUT2D eigenvalue weighted by molar-refractivity contribution is -0.143. The number of carbonyl (C=O) groups excluding carboxylic acids is 6. The summed E-state index contributed by atoms with van der Waals surface area (Å²) in [6, 6.07) is 4.74. The van der Waals surface area contributed by atoms with Gasteiger partial charge in [0.1, 0.15) is 23.8 Å². The number of ketones is 1. The number of rotatable bonds is 14. The van der Waals surface area contributed by atoms with Gasteiger partial charge in [0.05, 0.1) is 17.9 Å². The van der Waals surface area contributed by atoms with Gasteiger partial charge in [0.2, 0.25) is 17.7 Å². The van der Waals surface area contributed by atoms with Gasteiger partial charge in [0.25, 0.3) is 24.0 Å². The molecule has 0 radical (unpaired) electrons. The molecule has 0 spiro atoms. The molecule has 0 bridgehead atoms. The molecule has 5 amide bonds. The number of fused-ring (bicyclic) bond motifs is 1. The van der Waals surface area contributed by atoms with E-state index in [2.05, 4.69) is 31.2 Å². The van der Waals surface area contributed by atoms with Gasteiger partial charge in [0.15, 0.2) is 0 Å². The normalized spacial score (nSPS) is 20.3. The fourth-order valence-corrected chi connectivity index (χ4v) is 7.03. The van der Waals surface area contributed by atoms with E-state index in [9.17, 15) is 37.5 Å². The number of nitrogens with zero attached hydrogens (tertiary/aromatic N) is 3. The molecule has 1 saturated carbocycles. The number of Topliss-reactive ketones (excluding diaryl/α,β-unsaturated/α-hetero) is 1. The molecule has 1 aliphatic carbocycles. The highest BCUT2D eigenvalue weighted by Crippen LogP contribution is 2.43. The molecule has 13 nitrogen and oxygen atoms in total. The van der Waals surface area contributed by atoms with Crippen LogP contribution in [-0.4, -0.2) is 81.3 Å². The number of hydrogen-bond acceptors (Lipinski definition) is 8. The molecule has 2 aromatic rings. The minimum atomic E-state index is -3.18. The number of amides is 5. The molecular formula is C38H49F2N7O6. The largest absolute Gasteiger partial charge is 0.343 e. The van der Waals surface area contributed by atoms with Crippen molar-refractivity contribution >= 4 is 35.3 Å². The summed E-state index contributed by atoms with van der Waals surface area (Å²) in [4.78, 5) is 90.5. The summed E-state index contributed by atoms with van der Waals surface area (Å²) in [5, 5.41) is 10.2. The summed E-state index contributed by atoms with van der Waals surface area (Å²) in [7, 11) is 0. The molecule has 286 valence electrons. The highest BCUT2D eigenvalue weighted by Gasteiger charge is 2.51. The second-order valence-corrected chi connectivity index (χ2v) is 15.2. The predicted molar refractivity (Wildman–Crippen MR) is 191 cm³/mol. The molecule has 4 N–H and O–H groups in total. The molecule has 1 aliphatic heterocycles. The summed E-state index contributed by atoms with van der Waals surface area (Å²) in [5.41, 5.74) is -0.697. The van der Waals surface area contributed by atoms with Gasteiger partial charge in [-0.25, -0.2) is 13.8 Å². The number of hydrogen-bond donors (Lipinski definition) is 4. The van der Waals surface area contributed by atoms with Crippen molar-refractivity contribution in [3.05, 3.63) is 72.0 Å². The van der Waals surface area contributed by atoms with Crippen LogP contribution in [0.5, 0.6) is 0 Å². The Morgan fingerprint density at radius 2 is 1.66 bits per heavy atom. The predicted octanol–water partition coefficient (Wildman–Crippen LogP) is 3.49. The van der Waals surface area contributed by atoms with Gasteiger partial charge in [0, 0.05) is 25.0 Å². The zero-order valence-corrected chi connectivity index (χ0v) is 30.9. The maximum atomic E-state index is 14.5. The number of likely N-dealkylation sites (tertiary alicyclic amines) is 1. The molecule has 2 unspecified atom stereocenters. The average molecular weight is 738 g/mol. The fraction of sp³-hybridized carbons (Fsp3) is 0.526. The number of carbonyl (C=O) groups is 6. The molecule has 2 aliphatic rings. The Kier molecular flexibility index (Phi) is 13.5. The summed E-state index contributed by atoms with van der Waals surface area (Å²) >= 11 is 0. The van der Waals surface area contributed by atoms with E-state index in [0.29, 0.717) is 12.0 Å². The van der Waals surface area contributed by atoms with Crippen molar-refractivity contribution in [1.82, 2.24) is 36.1 Å². The number of nitrogens with one attached hydrogen (secondary N) is 4. The van der Waals surface area contributed by atoms with Crippen LogP contribution >= 0.6 is 0 Å². The Balaban J connectivity index is 1.57. The summed E-state index contributed by atoms with van der Waals surface area (Å²) in [6.07, 6.45) is 3.29. The monoisotopic (exact) mass is 737 g/mol. The third kappa shape index (κ3) is 10.7. The lowest BCUT2D eigenvalue weighted by atomic mass is 9.87. The van der Waals surface area contributed by atoms with Crippen molar-refractivity contribution in [3.63, 3.8) is 0 Å². The van der Waals surface area contributed by atoms with Crippen molar-refractivity contribution in [2.75, 3.05) is 6.54 Å². The zero-order chi connectivity index (χ0) is 39.0. The van der Waals surface area contributed by atoms with E-state index in [1.165, 1.54) is 23.5 Å². The van der Waals surface area contributed by atoms with Crippen molar-refractivity contribution in [2.24, 2.45) is 23.2 Å². The quantitative estimate of drug-likeness (QED) is 0.168. The average Bonchev–Trinajstić information content (AvgIpc) is 3.71. The van der Waals surface area contributed by atoms with Crippen LogP contribution in [0.3, 0.4) is 0 Å². The highest BCUT2D eigenvalue weighted by molar-refractivity contribution is 6.43. The van der Waals surface area contributed by atoms with E-state index in [-0.39, 0.29) is 36.6 Å². The minimum Gasteiger partial charge on any atom is -0.343 e. The lowest BCUT2D eigenvalue weighted by Crippen LogP contribution is -2.59. The van der Waals surface area contributed by atoms with Gasteiger partial charge in [-0.3, -0.25) is 33.8 Å². The summed E-state index contributed by atoms with van der Waals surface area (Å²) in [6.45, 7) is 10.9. The Morgan fingerprint density at radius 1 is 0.962 bits per heavy atom. The molecule has 2 heterocycles. The number of alkyl halides is 2. The van der Waals surface area contributed by atoms with Gasteiger partial charge in [-0.05, 0) is 54.9 Å². The molecule has 1 aromatic heterocycles. The van der Waals surface area contributed by atoms with Gasteiger partial charge < -0.3 is 26.2 Å². The number of aromatic nitrogens is 2. The third-order valence-corrected chi connectivity index (χ3v) is 9.55.